The van der Waals surface area contributed by atoms with E-state index in [4.69, 9.17) is 0 Å². The molecule has 9 heteroatoms. The van der Waals surface area contributed by atoms with Crippen molar-refractivity contribution in [2.75, 3.05) is 55.8 Å². The summed E-state index contributed by atoms with van der Waals surface area (Å²) >= 11 is 1.83. The lowest BCUT2D eigenvalue weighted by atomic mass is 10.2. The summed E-state index contributed by atoms with van der Waals surface area (Å²) in [5.74, 6) is 1.59. The highest BCUT2D eigenvalue weighted by Crippen LogP contribution is 2.21. The standard InChI is InChI=1S/C23H33FN6S.HI/c1-23(2,31-4)17-28-22(25-3)27-16-18-9-10-26-21(15-18)30-13-11-29(12-14-30)20-7-5-19(24)6-8-20;/h5-10,15H,11-14,16-17H2,1-4H3,(H2,25,27,28);1H. The van der Waals surface area contributed by atoms with Gasteiger partial charge in [-0.3, -0.25) is 4.99 Å². The van der Waals surface area contributed by atoms with Crippen molar-refractivity contribution in [1.82, 2.24) is 15.6 Å². The van der Waals surface area contributed by atoms with Crippen LogP contribution in [0, 0.1) is 5.82 Å². The van der Waals surface area contributed by atoms with Crippen LogP contribution in [0.15, 0.2) is 47.6 Å². The Kier molecular flexibility index (Phi) is 10.3. The van der Waals surface area contributed by atoms with E-state index in [0.717, 1.165) is 55.8 Å². The average Bonchev–Trinajstić information content (AvgIpc) is 2.80. The van der Waals surface area contributed by atoms with Crippen molar-refractivity contribution in [3.8, 4) is 0 Å². The van der Waals surface area contributed by atoms with Gasteiger partial charge in [-0.1, -0.05) is 0 Å². The summed E-state index contributed by atoms with van der Waals surface area (Å²) in [7, 11) is 1.79. The minimum absolute atomic E-state index is 0. The minimum Gasteiger partial charge on any atom is -0.368 e. The van der Waals surface area contributed by atoms with E-state index in [1.807, 2.05) is 36.2 Å². The van der Waals surface area contributed by atoms with Crippen molar-refractivity contribution in [2.45, 2.75) is 25.1 Å². The third-order valence-corrected chi connectivity index (χ3v) is 6.77. The first kappa shape index (κ1) is 26.5. The highest BCUT2D eigenvalue weighted by atomic mass is 127. The van der Waals surface area contributed by atoms with Crippen molar-refractivity contribution >= 4 is 53.2 Å². The second-order valence-corrected chi connectivity index (χ2v) is 9.73. The van der Waals surface area contributed by atoms with Crippen LogP contribution in [0.2, 0.25) is 0 Å². The van der Waals surface area contributed by atoms with Crippen LogP contribution in [0.1, 0.15) is 19.4 Å². The van der Waals surface area contributed by atoms with Crippen molar-refractivity contribution < 1.29 is 4.39 Å². The Morgan fingerprint density at radius 1 is 1.09 bits per heavy atom. The Hall–Kier alpha value is -1.75. The van der Waals surface area contributed by atoms with Crippen LogP contribution < -0.4 is 20.4 Å². The number of nitrogens with one attached hydrogen (secondary N) is 2. The lowest BCUT2D eigenvalue weighted by Crippen LogP contribution is -2.46. The molecule has 3 rings (SSSR count). The highest BCUT2D eigenvalue weighted by molar-refractivity contribution is 14.0. The van der Waals surface area contributed by atoms with Gasteiger partial charge in [0.05, 0.1) is 0 Å². The van der Waals surface area contributed by atoms with Crippen molar-refractivity contribution in [3.05, 3.63) is 54.0 Å². The van der Waals surface area contributed by atoms with Gasteiger partial charge in [0.25, 0.3) is 0 Å². The van der Waals surface area contributed by atoms with Crippen LogP contribution in [0.4, 0.5) is 15.9 Å². The molecule has 1 fully saturated rings. The molecular weight excluding hydrogens is 538 g/mol. The fourth-order valence-electron chi connectivity index (χ4n) is 3.36. The van der Waals surface area contributed by atoms with E-state index >= 15 is 0 Å². The third kappa shape index (κ3) is 7.68. The molecule has 0 unspecified atom stereocenters. The Bertz CT molecular complexity index is 869. The number of hydrogen-bond acceptors (Lipinski definition) is 5. The maximum absolute atomic E-state index is 13.2. The van der Waals surface area contributed by atoms with Gasteiger partial charge in [-0.2, -0.15) is 11.8 Å². The Morgan fingerprint density at radius 2 is 1.75 bits per heavy atom. The summed E-state index contributed by atoms with van der Waals surface area (Å²) in [6.45, 7) is 9.49. The van der Waals surface area contributed by atoms with Gasteiger partial charge in [-0.25, -0.2) is 9.37 Å². The van der Waals surface area contributed by atoms with E-state index < -0.39 is 0 Å². The lowest BCUT2D eigenvalue weighted by Gasteiger charge is -2.36. The Morgan fingerprint density at radius 3 is 2.38 bits per heavy atom. The summed E-state index contributed by atoms with van der Waals surface area (Å²) in [6.07, 6.45) is 3.99. The van der Waals surface area contributed by atoms with Gasteiger partial charge in [0.15, 0.2) is 5.96 Å². The van der Waals surface area contributed by atoms with Gasteiger partial charge >= 0.3 is 0 Å². The summed E-state index contributed by atoms with van der Waals surface area (Å²) in [6, 6.07) is 10.9. The van der Waals surface area contributed by atoms with Gasteiger partial charge in [0.2, 0.25) is 0 Å². The SMILES string of the molecule is CN=C(NCc1ccnc(N2CCN(c3ccc(F)cc3)CC2)c1)NCC(C)(C)SC.I. The largest absolute Gasteiger partial charge is 0.368 e. The molecule has 0 atom stereocenters. The topological polar surface area (TPSA) is 55.8 Å². The van der Waals surface area contributed by atoms with Crippen LogP contribution >= 0.6 is 35.7 Å². The second-order valence-electron chi connectivity index (χ2n) is 8.22. The zero-order valence-corrected chi connectivity index (χ0v) is 22.4. The molecule has 0 saturated carbocycles. The lowest BCUT2D eigenvalue weighted by molar-refractivity contribution is 0.624. The number of aliphatic imine (C=N–C) groups is 1. The molecule has 176 valence electrons. The summed E-state index contributed by atoms with van der Waals surface area (Å²) in [4.78, 5) is 13.5. The number of benzene rings is 1. The van der Waals surface area contributed by atoms with Crippen LogP contribution in [0.5, 0.6) is 0 Å². The van der Waals surface area contributed by atoms with E-state index in [-0.39, 0.29) is 34.5 Å². The molecule has 0 amide bonds. The average molecular weight is 573 g/mol. The molecule has 0 radical (unpaired) electrons. The predicted octanol–water partition coefficient (Wildman–Crippen LogP) is 3.97. The van der Waals surface area contributed by atoms with Gasteiger partial charge in [-0.15, -0.1) is 24.0 Å². The van der Waals surface area contributed by atoms with Gasteiger partial charge in [0, 0.05) is 62.9 Å². The molecule has 0 aliphatic carbocycles. The number of aromatic nitrogens is 1. The molecule has 1 aromatic carbocycles. The first-order valence-corrected chi connectivity index (χ1v) is 11.8. The molecule has 0 spiro atoms. The molecule has 32 heavy (non-hydrogen) atoms. The first-order valence-electron chi connectivity index (χ1n) is 10.6. The fraction of sp³-hybridized carbons (Fsp3) is 0.478. The summed E-state index contributed by atoms with van der Waals surface area (Å²) < 4.78 is 13.3. The number of hydrogen-bond donors (Lipinski definition) is 2. The zero-order chi connectivity index (χ0) is 22.3. The molecule has 1 aliphatic rings. The molecule has 1 aliphatic heterocycles. The molecule has 2 N–H and O–H groups in total. The molecule has 1 saturated heterocycles. The van der Waals surface area contributed by atoms with Crippen LogP contribution in [-0.2, 0) is 6.54 Å². The number of halogens is 2. The van der Waals surface area contributed by atoms with E-state index in [9.17, 15) is 4.39 Å². The summed E-state index contributed by atoms with van der Waals surface area (Å²) in [5, 5.41) is 6.79. The van der Waals surface area contributed by atoms with Gasteiger partial charge in [0.1, 0.15) is 11.6 Å². The van der Waals surface area contributed by atoms with Gasteiger partial charge in [-0.05, 0) is 62.1 Å². The van der Waals surface area contributed by atoms with E-state index in [1.54, 1.807) is 7.05 Å². The number of rotatable bonds is 7. The number of nitrogens with zero attached hydrogens (tertiary/aromatic N) is 4. The first-order chi connectivity index (χ1) is 14.9. The second kappa shape index (κ2) is 12.5. The number of guanidine groups is 1. The van der Waals surface area contributed by atoms with Crippen LogP contribution in [0.25, 0.3) is 0 Å². The Labute approximate surface area is 212 Å². The molecule has 1 aromatic heterocycles. The van der Waals surface area contributed by atoms with Gasteiger partial charge < -0.3 is 20.4 Å². The smallest absolute Gasteiger partial charge is 0.191 e. The van der Waals surface area contributed by atoms with E-state index in [1.165, 1.54) is 12.1 Å². The van der Waals surface area contributed by atoms with Crippen molar-refractivity contribution in [1.29, 1.82) is 0 Å². The molecule has 0 bridgehead atoms. The van der Waals surface area contributed by atoms with Crippen molar-refractivity contribution in [3.63, 3.8) is 0 Å². The quantitative estimate of drug-likeness (QED) is 0.298. The highest BCUT2D eigenvalue weighted by Gasteiger charge is 2.19. The predicted molar refractivity (Wildman–Crippen MR) is 146 cm³/mol. The zero-order valence-electron chi connectivity index (χ0n) is 19.3. The molecule has 2 heterocycles. The maximum Gasteiger partial charge on any atom is 0.191 e. The fourth-order valence-corrected chi connectivity index (χ4v) is 3.58. The molecule has 2 aromatic rings. The van der Waals surface area contributed by atoms with Crippen LogP contribution in [-0.4, -0.2) is 61.7 Å². The monoisotopic (exact) mass is 572 g/mol. The molecule has 6 nitrogen and oxygen atoms in total. The Balaban J connectivity index is 0.00000363. The minimum atomic E-state index is -0.198. The normalized spacial score (nSPS) is 14.7. The molecular formula is C23H34FIN6S. The number of thioether (sulfide) groups is 1. The summed E-state index contributed by atoms with van der Waals surface area (Å²) in [5.41, 5.74) is 2.23. The van der Waals surface area contributed by atoms with Crippen molar-refractivity contribution in [2.24, 2.45) is 4.99 Å². The van der Waals surface area contributed by atoms with E-state index in [2.05, 4.69) is 56.6 Å². The number of piperazine rings is 1. The number of anilines is 2. The number of pyridine rings is 1. The van der Waals surface area contributed by atoms with Crippen LogP contribution in [0.3, 0.4) is 0 Å². The third-order valence-electron chi connectivity index (χ3n) is 5.52. The van der Waals surface area contributed by atoms with E-state index in [0.29, 0.717) is 6.54 Å². The maximum atomic E-state index is 13.2.